The van der Waals surface area contributed by atoms with Crippen molar-refractivity contribution in [1.82, 2.24) is 4.90 Å². The standard InChI is InChI=1S/C11H15BrN2OS/c1-14(8-11(13)16)6-7-15-10-4-2-9(12)3-5-10/h2-5H,6-8H2,1H3,(H2,13,16). The van der Waals surface area contributed by atoms with Gasteiger partial charge in [-0.25, -0.2) is 0 Å². The van der Waals surface area contributed by atoms with Crippen LogP contribution in [0.2, 0.25) is 0 Å². The number of ether oxygens (including phenoxy) is 1. The van der Waals surface area contributed by atoms with Crippen LogP contribution >= 0.6 is 28.1 Å². The second kappa shape index (κ2) is 6.83. The minimum absolute atomic E-state index is 0.506. The van der Waals surface area contributed by atoms with Crippen LogP contribution < -0.4 is 10.5 Å². The van der Waals surface area contributed by atoms with Gasteiger partial charge in [-0.3, -0.25) is 4.90 Å². The van der Waals surface area contributed by atoms with Crippen LogP contribution in [-0.2, 0) is 0 Å². The second-order valence-corrected chi connectivity index (χ2v) is 4.95. The van der Waals surface area contributed by atoms with E-state index in [1.54, 1.807) is 0 Å². The molecule has 0 aliphatic carbocycles. The first-order valence-electron chi connectivity index (χ1n) is 4.93. The van der Waals surface area contributed by atoms with Gasteiger partial charge in [-0.2, -0.15) is 0 Å². The Morgan fingerprint density at radius 3 is 2.62 bits per heavy atom. The molecule has 0 unspecified atom stereocenters. The zero-order valence-electron chi connectivity index (χ0n) is 9.15. The van der Waals surface area contributed by atoms with Crippen LogP contribution in [0.25, 0.3) is 0 Å². The first-order chi connectivity index (χ1) is 7.58. The molecule has 2 N–H and O–H groups in total. The number of halogens is 1. The lowest BCUT2D eigenvalue weighted by Crippen LogP contribution is -2.32. The van der Waals surface area contributed by atoms with Gasteiger partial charge in [-0.15, -0.1) is 0 Å². The maximum absolute atomic E-state index is 5.57. The van der Waals surface area contributed by atoms with Gasteiger partial charge in [0.1, 0.15) is 12.4 Å². The fraction of sp³-hybridized carbons (Fsp3) is 0.364. The number of nitrogens with zero attached hydrogens (tertiary/aromatic N) is 1. The predicted octanol–water partition coefficient (Wildman–Crippen LogP) is 2.05. The van der Waals surface area contributed by atoms with Gasteiger partial charge in [-0.05, 0) is 31.3 Å². The van der Waals surface area contributed by atoms with Gasteiger partial charge in [0.25, 0.3) is 0 Å². The molecule has 0 atom stereocenters. The van der Waals surface area contributed by atoms with Crippen LogP contribution in [0.1, 0.15) is 0 Å². The van der Waals surface area contributed by atoms with Crippen molar-refractivity contribution >= 4 is 33.1 Å². The molecule has 0 radical (unpaired) electrons. The lowest BCUT2D eigenvalue weighted by molar-refractivity contribution is 0.253. The molecule has 0 aromatic heterocycles. The first-order valence-corrected chi connectivity index (χ1v) is 6.13. The highest BCUT2D eigenvalue weighted by molar-refractivity contribution is 9.10. The van der Waals surface area contributed by atoms with Crippen molar-refractivity contribution in [2.75, 3.05) is 26.7 Å². The smallest absolute Gasteiger partial charge is 0.119 e. The van der Waals surface area contributed by atoms with Gasteiger partial charge in [-0.1, -0.05) is 28.1 Å². The molecule has 0 heterocycles. The number of nitrogens with two attached hydrogens (primary N) is 1. The van der Waals surface area contributed by atoms with Crippen LogP contribution in [0.5, 0.6) is 5.75 Å². The number of hydrogen-bond donors (Lipinski definition) is 1. The van der Waals surface area contributed by atoms with E-state index in [1.807, 2.05) is 36.2 Å². The quantitative estimate of drug-likeness (QED) is 0.816. The van der Waals surface area contributed by atoms with E-state index in [4.69, 9.17) is 22.7 Å². The summed E-state index contributed by atoms with van der Waals surface area (Å²) in [5, 5.41) is 0. The van der Waals surface area contributed by atoms with Gasteiger partial charge in [0.2, 0.25) is 0 Å². The summed E-state index contributed by atoms with van der Waals surface area (Å²) < 4.78 is 6.61. The summed E-state index contributed by atoms with van der Waals surface area (Å²) in [7, 11) is 1.96. The molecule has 0 aliphatic heterocycles. The molecular formula is C11H15BrN2OS. The predicted molar refractivity (Wildman–Crippen MR) is 73.9 cm³/mol. The molecule has 0 amide bonds. The van der Waals surface area contributed by atoms with Gasteiger partial charge in [0, 0.05) is 17.6 Å². The van der Waals surface area contributed by atoms with E-state index in [1.165, 1.54) is 0 Å². The van der Waals surface area contributed by atoms with Crippen LogP contribution in [0.15, 0.2) is 28.7 Å². The lowest BCUT2D eigenvalue weighted by atomic mass is 10.3. The fourth-order valence-electron chi connectivity index (χ4n) is 1.20. The van der Waals surface area contributed by atoms with Gasteiger partial charge in [0.05, 0.1) is 4.99 Å². The van der Waals surface area contributed by atoms with Crippen LogP contribution in [0.4, 0.5) is 0 Å². The molecule has 0 spiro atoms. The minimum Gasteiger partial charge on any atom is -0.492 e. The summed E-state index contributed by atoms with van der Waals surface area (Å²) in [5.74, 6) is 0.868. The van der Waals surface area contributed by atoms with Gasteiger partial charge >= 0.3 is 0 Å². The Morgan fingerprint density at radius 1 is 1.44 bits per heavy atom. The van der Waals surface area contributed by atoms with Gasteiger partial charge in [0.15, 0.2) is 0 Å². The fourth-order valence-corrected chi connectivity index (χ4v) is 1.68. The third kappa shape index (κ3) is 5.44. The maximum atomic E-state index is 5.57. The molecular weight excluding hydrogens is 288 g/mol. The second-order valence-electron chi connectivity index (χ2n) is 3.51. The van der Waals surface area contributed by atoms with E-state index in [0.29, 0.717) is 18.1 Å². The number of rotatable bonds is 6. The molecule has 88 valence electrons. The highest BCUT2D eigenvalue weighted by Crippen LogP contribution is 2.15. The molecule has 1 aromatic rings. The summed E-state index contributed by atoms with van der Waals surface area (Å²) in [6.45, 7) is 2.05. The monoisotopic (exact) mass is 302 g/mol. The molecule has 16 heavy (non-hydrogen) atoms. The van der Waals surface area contributed by atoms with Crippen molar-refractivity contribution in [3.63, 3.8) is 0 Å². The number of thiocarbonyl (C=S) groups is 1. The molecule has 5 heteroatoms. The van der Waals surface area contributed by atoms with Crippen LogP contribution in [0.3, 0.4) is 0 Å². The third-order valence-electron chi connectivity index (χ3n) is 1.98. The lowest BCUT2D eigenvalue weighted by Gasteiger charge is -2.15. The summed E-state index contributed by atoms with van der Waals surface area (Å²) >= 11 is 8.19. The summed E-state index contributed by atoms with van der Waals surface area (Å²) in [4.78, 5) is 2.53. The number of likely N-dealkylation sites (N-methyl/N-ethyl adjacent to an activating group) is 1. The van der Waals surface area contributed by atoms with Crippen molar-refractivity contribution in [3.8, 4) is 5.75 Å². The third-order valence-corrected chi connectivity index (χ3v) is 2.64. The molecule has 0 aliphatic rings. The van der Waals surface area contributed by atoms with Gasteiger partial charge < -0.3 is 10.5 Å². The van der Waals surface area contributed by atoms with E-state index >= 15 is 0 Å². The van der Waals surface area contributed by atoms with E-state index in [0.717, 1.165) is 16.8 Å². The van der Waals surface area contributed by atoms with Crippen LogP contribution in [-0.4, -0.2) is 36.6 Å². The molecule has 0 fully saturated rings. The van der Waals surface area contributed by atoms with Crippen molar-refractivity contribution in [1.29, 1.82) is 0 Å². The normalized spacial score (nSPS) is 10.4. The Morgan fingerprint density at radius 2 is 2.06 bits per heavy atom. The molecule has 0 bridgehead atoms. The average Bonchev–Trinajstić information content (AvgIpc) is 2.20. The summed E-state index contributed by atoms with van der Waals surface area (Å²) in [5.41, 5.74) is 5.44. The van der Waals surface area contributed by atoms with Crippen molar-refractivity contribution in [2.45, 2.75) is 0 Å². The molecule has 1 rings (SSSR count). The maximum Gasteiger partial charge on any atom is 0.119 e. The van der Waals surface area contributed by atoms with E-state index in [9.17, 15) is 0 Å². The Balaban J connectivity index is 2.25. The molecule has 3 nitrogen and oxygen atoms in total. The largest absolute Gasteiger partial charge is 0.492 e. The minimum atomic E-state index is 0.506. The summed E-state index contributed by atoms with van der Waals surface area (Å²) in [6.07, 6.45) is 0. The average molecular weight is 303 g/mol. The summed E-state index contributed by atoms with van der Waals surface area (Å²) in [6, 6.07) is 7.76. The van der Waals surface area contributed by atoms with E-state index < -0.39 is 0 Å². The highest BCUT2D eigenvalue weighted by atomic mass is 79.9. The number of hydrogen-bond acceptors (Lipinski definition) is 3. The molecule has 0 saturated carbocycles. The van der Waals surface area contributed by atoms with E-state index in [2.05, 4.69) is 15.9 Å². The van der Waals surface area contributed by atoms with Crippen molar-refractivity contribution in [3.05, 3.63) is 28.7 Å². The van der Waals surface area contributed by atoms with Crippen LogP contribution in [0, 0.1) is 0 Å². The van der Waals surface area contributed by atoms with E-state index in [-0.39, 0.29) is 0 Å². The molecule has 1 aromatic carbocycles. The Kier molecular flexibility index (Phi) is 5.73. The Labute approximate surface area is 110 Å². The SMILES string of the molecule is CN(CCOc1ccc(Br)cc1)CC(N)=S. The Bertz CT molecular complexity index is 342. The number of benzene rings is 1. The molecule has 0 saturated heterocycles. The van der Waals surface area contributed by atoms with Crippen molar-refractivity contribution in [2.24, 2.45) is 5.73 Å². The Hall–Kier alpha value is -0.650. The topological polar surface area (TPSA) is 38.5 Å². The van der Waals surface area contributed by atoms with Crippen molar-refractivity contribution < 1.29 is 4.74 Å². The zero-order valence-corrected chi connectivity index (χ0v) is 11.6. The first kappa shape index (κ1) is 13.4. The highest BCUT2D eigenvalue weighted by Gasteiger charge is 2.00. The zero-order chi connectivity index (χ0) is 12.0.